The fourth-order valence-electron chi connectivity index (χ4n) is 2.50. The number of esters is 1. The maximum absolute atomic E-state index is 12.8. The van der Waals surface area contributed by atoms with Gasteiger partial charge in [0.05, 0.1) is 31.7 Å². The molecule has 0 amide bonds. The Morgan fingerprint density at radius 3 is 2.52 bits per heavy atom. The second-order valence-electron chi connectivity index (χ2n) is 5.86. The number of rotatable bonds is 8. The molecule has 0 aliphatic rings. The summed E-state index contributed by atoms with van der Waals surface area (Å²) < 4.78 is 48.3. The Kier molecular flexibility index (Phi) is 7.44. The van der Waals surface area contributed by atoms with Gasteiger partial charge in [0, 0.05) is 0 Å². The minimum absolute atomic E-state index is 0.00615. The van der Waals surface area contributed by atoms with Crippen molar-refractivity contribution in [1.29, 1.82) is 0 Å². The van der Waals surface area contributed by atoms with E-state index in [9.17, 15) is 18.0 Å². The fraction of sp³-hybridized carbons (Fsp3) is 0.190. The van der Waals surface area contributed by atoms with Crippen molar-refractivity contribution in [1.82, 2.24) is 5.48 Å². The van der Waals surface area contributed by atoms with Crippen LogP contribution >= 0.6 is 0 Å². The lowest BCUT2D eigenvalue weighted by Crippen LogP contribution is -2.14. The van der Waals surface area contributed by atoms with Crippen molar-refractivity contribution in [2.45, 2.75) is 12.8 Å². The lowest BCUT2D eigenvalue weighted by atomic mass is 10.0. The standard InChI is InChI=1S/C21H20F3NO4/c1-14(15-8-6-9-17(11-15)21(22,23)24)25-29-12-16-7-4-5-10-18(16)19(13-27-2)20(26)28-3/h4-11,13,25H,1,12H2,2-3H3. The molecule has 8 heteroatoms. The summed E-state index contributed by atoms with van der Waals surface area (Å²) in [6, 6.07) is 11.6. The van der Waals surface area contributed by atoms with Crippen molar-refractivity contribution < 1.29 is 32.3 Å². The number of hydroxylamine groups is 1. The van der Waals surface area contributed by atoms with Crippen LogP contribution in [0.15, 0.2) is 61.4 Å². The van der Waals surface area contributed by atoms with Crippen LogP contribution in [0.2, 0.25) is 0 Å². The van der Waals surface area contributed by atoms with E-state index < -0.39 is 17.7 Å². The van der Waals surface area contributed by atoms with E-state index in [2.05, 4.69) is 12.1 Å². The molecule has 0 fully saturated rings. The molecule has 0 saturated heterocycles. The maximum Gasteiger partial charge on any atom is 0.416 e. The molecule has 154 valence electrons. The van der Waals surface area contributed by atoms with E-state index in [-0.39, 0.29) is 23.4 Å². The van der Waals surface area contributed by atoms with E-state index in [1.165, 1.54) is 32.6 Å². The first-order chi connectivity index (χ1) is 13.8. The highest BCUT2D eigenvalue weighted by Gasteiger charge is 2.30. The molecule has 0 aromatic heterocycles. The van der Waals surface area contributed by atoms with E-state index in [0.717, 1.165) is 12.1 Å². The normalized spacial score (nSPS) is 11.7. The third kappa shape index (κ3) is 5.86. The molecular weight excluding hydrogens is 387 g/mol. The lowest BCUT2D eigenvalue weighted by Gasteiger charge is -2.14. The number of carbonyl (C=O) groups is 1. The number of alkyl halides is 3. The van der Waals surface area contributed by atoms with E-state index >= 15 is 0 Å². The molecule has 0 saturated carbocycles. The molecular formula is C21H20F3NO4. The Balaban J connectivity index is 2.11. The Morgan fingerprint density at radius 2 is 1.86 bits per heavy atom. The van der Waals surface area contributed by atoms with E-state index in [1.807, 2.05) is 0 Å². The summed E-state index contributed by atoms with van der Waals surface area (Å²) in [6.07, 6.45) is -3.19. The molecule has 0 bridgehead atoms. The zero-order chi connectivity index (χ0) is 21.4. The van der Waals surface area contributed by atoms with Gasteiger partial charge in [0.2, 0.25) is 0 Å². The second kappa shape index (κ2) is 9.79. The zero-order valence-electron chi connectivity index (χ0n) is 15.9. The van der Waals surface area contributed by atoms with Crippen LogP contribution in [-0.2, 0) is 31.9 Å². The molecule has 0 atom stereocenters. The van der Waals surface area contributed by atoms with Crippen molar-refractivity contribution in [3.63, 3.8) is 0 Å². The summed E-state index contributed by atoms with van der Waals surface area (Å²) in [5.74, 6) is -0.583. The van der Waals surface area contributed by atoms with Crippen molar-refractivity contribution in [3.8, 4) is 0 Å². The second-order valence-corrected chi connectivity index (χ2v) is 5.86. The van der Waals surface area contributed by atoms with Gasteiger partial charge in [-0.2, -0.15) is 13.2 Å². The average Bonchev–Trinajstić information content (AvgIpc) is 2.71. The van der Waals surface area contributed by atoms with Crippen molar-refractivity contribution >= 4 is 17.2 Å². The molecule has 2 aromatic rings. The van der Waals surface area contributed by atoms with Crippen LogP contribution in [0.3, 0.4) is 0 Å². The molecule has 0 aliphatic carbocycles. The number of nitrogens with one attached hydrogen (secondary N) is 1. The van der Waals surface area contributed by atoms with Gasteiger partial charge in [-0.1, -0.05) is 43.0 Å². The number of hydrogen-bond acceptors (Lipinski definition) is 5. The van der Waals surface area contributed by atoms with E-state index in [1.54, 1.807) is 24.3 Å². The van der Waals surface area contributed by atoms with Gasteiger partial charge < -0.3 is 9.47 Å². The summed E-state index contributed by atoms with van der Waals surface area (Å²) in [6.45, 7) is 3.70. The van der Waals surface area contributed by atoms with Crippen LogP contribution in [0.1, 0.15) is 22.3 Å². The fourth-order valence-corrected chi connectivity index (χ4v) is 2.50. The Hall–Kier alpha value is -3.26. The molecule has 5 nitrogen and oxygen atoms in total. The number of hydrogen-bond donors (Lipinski definition) is 1. The van der Waals surface area contributed by atoms with Crippen LogP contribution in [0.4, 0.5) is 13.2 Å². The average molecular weight is 407 g/mol. The van der Waals surface area contributed by atoms with Gasteiger partial charge in [0.1, 0.15) is 12.2 Å². The smallest absolute Gasteiger partial charge is 0.416 e. The number of halogens is 3. The number of benzene rings is 2. The SMILES string of the molecule is C=C(NOCc1ccccc1C(=COC)C(=O)OC)c1cccc(C(F)(F)F)c1. The lowest BCUT2D eigenvalue weighted by molar-refractivity contribution is -0.137. The Morgan fingerprint density at radius 1 is 1.14 bits per heavy atom. The predicted octanol–water partition coefficient (Wildman–Crippen LogP) is 4.56. The van der Waals surface area contributed by atoms with E-state index in [4.69, 9.17) is 14.3 Å². The summed E-state index contributed by atoms with van der Waals surface area (Å²) in [7, 11) is 2.66. The predicted molar refractivity (Wildman–Crippen MR) is 102 cm³/mol. The van der Waals surface area contributed by atoms with Crippen LogP contribution < -0.4 is 5.48 Å². The van der Waals surface area contributed by atoms with E-state index in [0.29, 0.717) is 11.1 Å². The van der Waals surface area contributed by atoms with Crippen LogP contribution in [0.25, 0.3) is 11.3 Å². The third-order valence-corrected chi connectivity index (χ3v) is 3.91. The minimum Gasteiger partial charge on any atom is -0.503 e. The van der Waals surface area contributed by atoms with Crippen LogP contribution in [0.5, 0.6) is 0 Å². The molecule has 1 N–H and O–H groups in total. The van der Waals surface area contributed by atoms with Gasteiger partial charge in [-0.25, -0.2) is 4.79 Å². The first-order valence-electron chi connectivity index (χ1n) is 8.41. The molecule has 0 aliphatic heterocycles. The van der Waals surface area contributed by atoms with Gasteiger partial charge in [-0.05, 0) is 28.8 Å². The zero-order valence-corrected chi connectivity index (χ0v) is 15.9. The Labute approximate surface area is 166 Å². The topological polar surface area (TPSA) is 56.8 Å². The van der Waals surface area contributed by atoms with Crippen molar-refractivity contribution in [2.75, 3.05) is 14.2 Å². The van der Waals surface area contributed by atoms with Crippen molar-refractivity contribution in [2.24, 2.45) is 0 Å². The minimum atomic E-state index is -4.45. The largest absolute Gasteiger partial charge is 0.503 e. The highest BCUT2D eigenvalue weighted by Crippen LogP contribution is 2.30. The van der Waals surface area contributed by atoms with Gasteiger partial charge in [-0.3, -0.25) is 10.3 Å². The first kappa shape index (κ1) is 22.0. The van der Waals surface area contributed by atoms with Gasteiger partial charge >= 0.3 is 12.1 Å². The van der Waals surface area contributed by atoms with Crippen LogP contribution in [-0.4, -0.2) is 20.2 Å². The number of carbonyl (C=O) groups excluding carboxylic acids is 1. The third-order valence-electron chi connectivity index (χ3n) is 3.91. The quantitative estimate of drug-likeness (QED) is 0.301. The van der Waals surface area contributed by atoms with Gasteiger partial charge in [-0.15, -0.1) is 0 Å². The summed E-state index contributed by atoms with van der Waals surface area (Å²) in [4.78, 5) is 17.4. The summed E-state index contributed by atoms with van der Waals surface area (Å²) in [5.41, 5.74) is 3.52. The summed E-state index contributed by atoms with van der Waals surface area (Å²) in [5, 5.41) is 0. The monoisotopic (exact) mass is 407 g/mol. The molecule has 0 radical (unpaired) electrons. The number of ether oxygens (including phenoxy) is 2. The summed E-state index contributed by atoms with van der Waals surface area (Å²) >= 11 is 0. The Bertz CT molecular complexity index is 907. The van der Waals surface area contributed by atoms with Gasteiger partial charge in [0.15, 0.2) is 0 Å². The highest BCUT2D eigenvalue weighted by atomic mass is 19.4. The maximum atomic E-state index is 12.8. The van der Waals surface area contributed by atoms with Crippen LogP contribution in [0, 0.1) is 0 Å². The highest BCUT2D eigenvalue weighted by molar-refractivity contribution is 6.16. The molecule has 0 heterocycles. The van der Waals surface area contributed by atoms with Crippen molar-refractivity contribution in [3.05, 3.63) is 83.6 Å². The molecule has 29 heavy (non-hydrogen) atoms. The molecule has 2 aromatic carbocycles. The molecule has 0 unspecified atom stereocenters. The number of methoxy groups -OCH3 is 2. The molecule has 0 spiro atoms. The van der Waals surface area contributed by atoms with Gasteiger partial charge in [0.25, 0.3) is 0 Å². The molecule has 2 rings (SSSR count). The first-order valence-corrected chi connectivity index (χ1v) is 8.41.